The van der Waals surface area contributed by atoms with Crippen molar-refractivity contribution in [1.29, 1.82) is 0 Å². The molecule has 0 unspecified atom stereocenters. The van der Waals surface area contributed by atoms with Crippen LogP contribution < -0.4 is 0 Å². The van der Waals surface area contributed by atoms with Gasteiger partial charge in [0.2, 0.25) is 0 Å². The van der Waals surface area contributed by atoms with Crippen molar-refractivity contribution < 1.29 is 15.0 Å². The van der Waals surface area contributed by atoms with E-state index >= 15 is 0 Å². The van der Waals surface area contributed by atoms with Gasteiger partial charge < -0.3 is 10.2 Å². The molecule has 2 heterocycles. The number of hydrogen-bond acceptors (Lipinski definition) is 6. The molecule has 0 saturated carbocycles. The zero-order chi connectivity index (χ0) is 12.6. The summed E-state index contributed by atoms with van der Waals surface area (Å²) in [7, 11) is 0. The van der Waals surface area contributed by atoms with Gasteiger partial charge in [-0.2, -0.15) is 0 Å². The molecule has 1 aromatic rings. The van der Waals surface area contributed by atoms with Crippen molar-refractivity contribution in [3.8, 4) is 11.5 Å². The van der Waals surface area contributed by atoms with Gasteiger partial charge in [-0.15, -0.1) is 11.8 Å². The predicted molar refractivity (Wildman–Crippen MR) is 65.6 cm³/mol. The highest BCUT2D eigenvalue weighted by Crippen LogP contribution is 2.36. The van der Waals surface area contributed by atoms with Crippen molar-refractivity contribution in [2.45, 2.75) is 19.4 Å². The summed E-state index contributed by atoms with van der Waals surface area (Å²) in [6, 6.07) is 1.29. The molecule has 0 bridgehead atoms. The first-order chi connectivity index (χ1) is 7.94. The van der Waals surface area contributed by atoms with Crippen LogP contribution in [0.25, 0.3) is 0 Å². The molecule has 0 spiro atoms. The lowest BCUT2D eigenvalue weighted by Gasteiger charge is -2.13. The molecular weight excluding hydrogens is 240 g/mol. The quantitative estimate of drug-likeness (QED) is 0.829. The second-order valence-corrected chi connectivity index (χ2v) is 5.03. The van der Waals surface area contributed by atoms with Crippen LogP contribution in [0, 0.1) is 0 Å². The van der Waals surface area contributed by atoms with Gasteiger partial charge >= 0.3 is 0 Å². The number of Topliss-reactive ketones (excluding diaryl/α,β-unsaturated/α-hetero) is 1. The normalized spacial score (nSPS) is 23.5. The van der Waals surface area contributed by atoms with E-state index < -0.39 is 5.54 Å². The van der Waals surface area contributed by atoms with Crippen molar-refractivity contribution in [3.05, 3.63) is 18.0 Å². The van der Waals surface area contributed by atoms with E-state index in [1.807, 2.05) is 0 Å². The summed E-state index contributed by atoms with van der Waals surface area (Å²) in [5.41, 5.74) is -0.542. The van der Waals surface area contributed by atoms with Gasteiger partial charge in [0.05, 0.1) is 0 Å². The highest BCUT2D eigenvalue weighted by Gasteiger charge is 2.36. The molecule has 0 amide bonds. The van der Waals surface area contributed by atoms with E-state index in [1.54, 1.807) is 6.92 Å². The molecule has 1 aromatic heterocycles. The Morgan fingerprint density at radius 1 is 1.53 bits per heavy atom. The number of hydrogen-bond donors (Lipinski definition) is 2. The predicted octanol–water partition coefficient (Wildman–Crippen LogP) is 1.33. The molecule has 17 heavy (non-hydrogen) atoms. The second-order valence-electron chi connectivity index (χ2n) is 4.06. The highest BCUT2D eigenvalue weighted by molar-refractivity contribution is 8.14. The van der Waals surface area contributed by atoms with Crippen LogP contribution in [0.4, 0.5) is 0 Å². The number of pyridine rings is 1. The van der Waals surface area contributed by atoms with Crippen molar-refractivity contribution in [3.63, 3.8) is 0 Å². The number of ketones is 1. The van der Waals surface area contributed by atoms with Gasteiger partial charge in [-0.1, -0.05) is 0 Å². The molecule has 1 atom stereocenters. The Morgan fingerprint density at radius 3 is 2.82 bits per heavy atom. The van der Waals surface area contributed by atoms with Crippen molar-refractivity contribution >= 4 is 22.6 Å². The summed E-state index contributed by atoms with van der Waals surface area (Å²) < 4.78 is 0. The van der Waals surface area contributed by atoms with E-state index in [1.165, 1.54) is 30.9 Å². The third-order valence-electron chi connectivity index (χ3n) is 2.70. The number of rotatable bonds is 2. The summed E-state index contributed by atoms with van der Waals surface area (Å²) >= 11 is 1.35. The average molecular weight is 252 g/mol. The third kappa shape index (κ3) is 2.00. The van der Waals surface area contributed by atoms with Crippen LogP contribution in [0.5, 0.6) is 11.5 Å². The molecular formula is C11H12N2O3S. The van der Waals surface area contributed by atoms with E-state index in [0.29, 0.717) is 10.8 Å². The zero-order valence-electron chi connectivity index (χ0n) is 9.47. The molecule has 90 valence electrons. The van der Waals surface area contributed by atoms with E-state index in [0.717, 1.165) is 0 Å². The van der Waals surface area contributed by atoms with E-state index in [4.69, 9.17) is 0 Å². The molecule has 0 aliphatic carbocycles. The lowest BCUT2D eigenvalue weighted by Crippen LogP contribution is -2.31. The molecule has 6 heteroatoms. The summed E-state index contributed by atoms with van der Waals surface area (Å²) in [6.07, 6.45) is 1.39. The maximum absolute atomic E-state index is 11.4. The van der Waals surface area contributed by atoms with Crippen LogP contribution in [-0.2, 0) is 4.79 Å². The maximum Gasteiger partial charge on any atom is 0.186 e. The molecule has 0 radical (unpaired) electrons. The SMILES string of the molecule is CC(=O)[C@@]1(C)CSC(c2nccc(O)c2O)=N1. The molecule has 0 fully saturated rings. The standard InChI is InChI=1S/C11H12N2O3S/c1-6(14)11(2)5-17-10(13-11)8-9(16)7(15)3-4-12-8/h3-4,16H,5H2,1-2H3,(H,12,15)/t11-/m1/s1. The fraction of sp³-hybridized carbons (Fsp3) is 0.364. The van der Waals surface area contributed by atoms with Gasteiger partial charge in [0, 0.05) is 18.0 Å². The van der Waals surface area contributed by atoms with Gasteiger partial charge in [0.25, 0.3) is 0 Å². The summed E-state index contributed by atoms with van der Waals surface area (Å²) in [5, 5.41) is 19.5. The Balaban J connectivity index is 2.43. The number of aromatic hydroxyl groups is 2. The van der Waals surface area contributed by atoms with Crippen LogP contribution in [-0.4, -0.2) is 37.3 Å². The third-order valence-corrected chi connectivity index (χ3v) is 3.97. The molecule has 0 saturated heterocycles. The number of aliphatic imine (C=N–C) groups is 1. The summed E-state index contributed by atoms with van der Waals surface area (Å²) in [4.78, 5) is 19.7. The molecule has 2 rings (SSSR count). The Kier molecular flexibility index (Phi) is 2.82. The summed E-state index contributed by atoms with van der Waals surface area (Å²) in [5.74, 6) is -0.0463. The average Bonchev–Trinajstić information content (AvgIpc) is 2.66. The topological polar surface area (TPSA) is 82.8 Å². The number of carbonyl (C=O) groups excluding carboxylic acids is 1. The number of thioether (sulfide) groups is 1. The van der Waals surface area contributed by atoms with Crippen LogP contribution in [0.15, 0.2) is 17.3 Å². The van der Waals surface area contributed by atoms with Crippen molar-refractivity contribution in [1.82, 2.24) is 4.98 Å². The van der Waals surface area contributed by atoms with Crippen molar-refractivity contribution in [2.75, 3.05) is 5.75 Å². The van der Waals surface area contributed by atoms with Crippen LogP contribution in [0.3, 0.4) is 0 Å². The Bertz CT molecular complexity index is 515. The van der Waals surface area contributed by atoms with E-state index in [9.17, 15) is 15.0 Å². The molecule has 0 aromatic carbocycles. The first-order valence-corrected chi connectivity index (χ1v) is 6.03. The van der Waals surface area contributed by atoms with Gasteiger partial charge in [-0.3, -0.25) is 9.79 Å². The van der Waals surface area contributed by atoms with Crippen LogP contribution >= 0.6 is 11.8 Å². The minimum Gasteiger partial charge on any atom is -0.504 e. The van der Waals surface area contributed by atoms with Crippen LogP contribution in [0.2, 0.25) is 0 Å². The van der Waals surface area contributed by atoms with E-state index in [-0.39, 0.29) is 23.0 Å². The fourth-order valence-electron chi connectivity index (χ4n) is 1.40. The minimum atomic E-state index is -0.764. The second kappa shape index (κ2) is 4.03. The number of aromatic nitrogens is 1. The number of carbonyl (C=O) groups is 1. The lowest BCUT2D eigenvalue weighted by molar-refractivity contribution is -0.120. The molecule has 2 N–H and O–H groups in total. The molecule has 5 nitrogen and oxygen atoms in total. The summed E-state index contributed by atoms with van der Waals surface area (Å²) in [6.45, 7) is 3.23. The zero-order valence-corrected chi connectivity index (χ0v) is 10.3. The number of nitrogens with zero attached hydrogens (tertiary/aromatic N) is 2. The van der Waals surface area contributed by atoms with Gasteiger partial charge in [-0.25, -0.2) is 4.98 Å². The smallest absolute Gasteiger partial charge is 0.186 e. The molecule has 1 aliphatic rings. The van der Waals surface area contributed by atoms with Gasteiger partial charge in [0.15, 0.2) is 17.3 Å². The van der Waals surface area contributed by atoms with Crippen LogP contribution in [0.1, 0.15) is 19.5 Å². The fourth-order valence-corrected chi connectivity index (χ4v) is 2.64. The minimum absolute atomic E-state index is 0.0281. The Hall–Kier alpha value is -1.56. The Labute approximate surface area is 103 Å². The lowest BCUT2D eigenvalue weighted by atomic mass is 10.0. The maximum atomic E-state index is 11.4. The van der Waals surface area contributed by atoms with Crippen molar-refractivity contribution in [2.24, 2.45) is 4.99 Å². The van der Waals surface area contributed by atoms with E-state index in [2.05, 4.69) is 9.98 Å². The first-order valence-electron chi connectivity index (χ1n) is 5.05. The largest absolute Gasteiger partial charge is 0.504 e. The monoisotopic (exact) mass is 252 g/mol. The van der Waals surface area contributed by atoms with Gasteiger partial charge in [0.1, 0.15) is 16.3 Å². The molecule has 1 aliphatic heterocycles. The Morgan fingerprint density at radius 2 is 2.24 bits per heavy atom. The van der Waals surface area contributed by atoms with Gasteiger partial charge in [-0.05, 0) is 13.8 Å². The highest BCUT2D eigenvalue weighted by atomic mass is 32.2. The first kappa shape index (κ1) is 11.9.